The molecule has 186 valence electrons. The van der Waals surface area contributed by atoms with E-state index >= 15 is 0 Å². The standard InChI is InChI=1S/C26H30BrN3O5/c1-25(2,3)34-24(33)30(35-26(4,5)6)22-20-11-10-19(15-16(20)12-13-28-22)29-21(23(31)32)17-8-7-9-18(27)14-17/h7-15,21,29H,1-6H3,(H,31,32). The highest BCUT2D eigenvalue weighted by Crippen LogP contribution is 2.31. The molecule has 0 radical (unpaired) electrons. The minimum Gasteiger partial charge on any atom is -0.479 e. The molecule has 0 aliphatic carbocycles. The Kier molecular flexibility index (Phi) is 7.71. The number of ether oxygens (including phenoxy) is 1. The summed E-state index contributed by atoms with van der Waals surface area (Å²) in [4.78, 5) is 35.3. The van der Waals surface area contributed by atoms with E-state index in [0.29, 0.717) is 16.6 Å². The van der Waals surface area contributed by atoms with Crippen molar-refractivity contribution in [2.24, 2.45) is 0 Å². The SMILES string of the molecule is CC(C)(C)OC(=O)N(OC(C)(C)C)c1nccc2cc(NC(C(=O)O)c3cccc(Br)c3)ccc12. The Balaban J connectivity index is 2.00. The van der Waals surface area contributed by atoms with Crippen molar-refractivity contribution in [2.45, 2.75) is 58.8 Å². The van der Waals surface area contributed by atoms with Crippen molar-refractivity contribution in [2.75, 3.05) is 10.4 Å². The molecule has 0 bridgehead atoms. The summed E-state index contributed by atoms with van der Waals surface area (Å²) in [6.45, 7) is 10.8. The Labute approximate surface area is 213 Å². The molecule has 0 spiro atoms. The average molecular weight is 544 g/mol. The summed E-state index contributed by atoms with van der Waals surface area (Å²) >= 11 is 3.39. The molecule has 0 fully saturated rings. The van der Waals surface area contributed by atoms with Crippen molar-refractivity contribution in [1.29, 1.82) is 0 Å². The van der Waals surface area contributed by atoms with E-state index in [1.165, 1.54) is 0 Å². The predicted octanol–water partition coefficient (Wildman–Crippen LogP) is 6.71. The Morgan fingerprint density at radius 1 is 1.03 bits per heavy atom. The second-order valence-electron chi connectivity index (χ2n) is 10.0. The van der Waals surface area contributed by atoms with Crippen molar-refractivity contribution in [3.8, 4) is 0 Å². The average Bonchev–Trinajstić information content (AvgIpc) is 2.73. The summed E-state index contributed by atoms with van der Waals surface area (Å²) in [7, 11) is 0. The number of pyridine rings is 1. The first-order valence-electron chi connectivity index (χ1n) is 11.1. The fourth-order valence-electron chi connectivity index (χ4n) is 3.30. The number of aliphatic carboxylic acids is 1. The number of halogens is 1. The van der Waals surface area contributed by atoms with Crippen molar-refractivity contribution >= 4 is 50.3 Å². The van der Waals surface area contributed by atoms with Gasteiger partial charge < -0.3 is 15.2 Å². The lowest BCUT2D eigenvalue weighted by Crippen LogP contribution is -2.42. The van der Waals surface area contributed by atoms with Crippen LogP contribution in [-0.2, 0) is 14.4 Å². The molecular formula is C26H30BrN3O5. The molecule has 1 amide bonds. The highest BCUT2D eigenvalue weighted by atomic mass is 79.9. The predicted molar refractivity (Wildman–Crippen MR) is 139 cm³/mol. The number of nitrogens with one attached hydrogen (secondary N) is 1. The number of carbonyl (C=O) groups excluding carboxylic acids is 1. The van der Waals surface area contributed by atoms with Gasteiger partial charge >= 0.3 is 12.1 Å². The van der Waals surface area contributed by atoms with Crippen molar-refractivity contribution in [3.63, 3.8) is 0 Å². The quantitative estimate of drug-likeness (QED) is 0.333. The topological polar surface area (TPSA) is 101 Å². The van der Waals surface area contributed by atoms with Crippen LogP contribution in [0.2, 0.25) is 0 Å². The highest BCUT2D eigenvalue weighted by Gasteiger charge is 2.30. The number of anilines is 2. The van der Waals surface area contributed by atoms with E-state index in [4.69, 9.17) is 9.57 Å². The van der Waals surface area contributed by atoms with Gasteiger partial charge in [0.1, 0.15) is 5.60 Å². The monoisotopic (exact) mass is 543 g/mol. The van der Waals surface area contributed by atoms with Crippen LogP contribution in [0, 0.1) is 0 Å². The van der Waals surface area contributed by atoms with Crippen LogP contribution in [0.5, 0.6) is 0 Å². The minimum absolute atomic E-state index is 0.278. The van der Waals surface area contributed by atoms with Gasteiger partial charge in [0.25, 0.3) is 0 Å². The molecule has 0 saturated carbocycles. The lowest BCUT2D eigenvalue weighted by atomic mass is 10.1. The Morgan fingerprint density at radius 2 is 1.74 bits per heavy atom. The lowest BCUT2D eigenvalue weighted by Gasteiger charge is -2.31. The van der Waals surface area contributed by atoms with E-state index < -0.39 is 29.3 Å². The molecule has 0 aliphatic heterocycles. The summed E-state index contributed by atoms with van der Waals surface area (Å²) < 4.78 is 6.34. The number of hydrogen-bond donors (Lipinski definition) is 2. The molecule has 1 atom stereocenters. The summed E-state index contributed by atoms with van der Waals surface area (Å²) in [6.07, 6.45) is 0.878. The van der Waals surface area contributed by atoms with Crippen LogP contribution in [0.4, 0.5) is 16.3 Å². The van der Waals surface area contributed by atoms with Gasteiger partial charge in [0, 0.05) is 21.7 Å². The molecular weight excluding hydrogens is 514 g/mol. The molecule has 2 aromatic carbocycles. The minimum atomic E-state index is -1.01. The van der Waals surface area contributed by atoms with E-state index in [1.54, 1.807) is 69.4 Å². The summed E-state index contributed by atoms with van der Waals surface area (Å²) in [5, 5.41) is 15.3. The number of carboxylic acids is 1. The summed E-state index contributed by atoms with van der Waals surface area (Å²) in [5.74, 6) is -0.728. The molecule has 3 rings (SSSR count). The number of nitrogens with zero attached hydrogens (tertiary/aromatic N) is 2. The molecule has 2 N–H and O–H groups in total. The number of carbonyl (C=O) groups is 2. The smallest absolute Gasteiger partial charge is 0.440 e. The Bertz CT molecular complexity index is 1230. The van der Waals surface area contributed by atoms with Gasteiger partial charge in [0.05, 0.1) is 5.60 Å². The van der Waals surface area contributed by atoms with Crippen LogP contribution < -0.4 is 10.4 Å². The third-order valence-electron chi connectivity index (χ3n) is 4.60. The van der Waals surface area contributed by atoms with Gasteiger partial charge in [-0.1, -0.05) is 28.1 Å². The van der Waals surface area contributed by atoms with Crippen molar-refractivity contribution in [3.05, 3.63) is 64.8 Å². The lowest BCUT2D eigenvalue weighted by molar-refractivity contribution is -0.138. The summed E-state index contributed by atoms with van der Waals surface area (Å²) in [6, 6.07) is 13.3. The van der Waals surface area contributed by atoms with Crippen LogP contribution in [0.25, 0.3) is 10.8 Å². The van der Waals surface area contributed by atoms with Gasteiger partial charge in [-0.3, -0.25) is 4.84 Å². The zero-order valence-electron chi connectivity index (χ0n) is 20.6. The number of carboxylic acid groups (broad SMARTS) is 1. The molecule has 3 aromatic rings. The number of fused-ring (bicyclic) bond motifs is 1. The first-order chi connectivity index (χ1) is 16.2. The van der Waals surface area contributed by atoms with Crippen LogP contribution in [0.1, 0.15) is 53.1 Å². The molecule has 1 heterocycles. The third kappa shape index (κ3) is 7.16. The van der Waals surface area contributed by atoms with Crippen LogP contribution >= 0.6 is 15.9 Å². The van der Waals surface area contributed by atoms with E-state index in [2.05, 4.69) is 26.2 Å². The molecule has 1 aromatic heterocycles. The van der Waals surface area contributed by atoms with E-state index in [1.807, 2.05) is 26.8 Å². The first-order valence-corrected chi connectivity index (χ1v) is 11.9. The number of amides is 1. The van der Waals surface area contributed by atoms with E-state index in [-0.39, 0.29) is 5.82 Å². The largest absolute Gasteiger partial charge is 0.479 e. The number of hydrogen-bond acceptors (Lipinski definition) is 6. The van der Waals surface area contributed by atoms with Gasteiger partial charge in [0.15, 0.2) is 11.9 Å². The zero-order valence-corrected chi connectivity index (χ0v) is 22.2. The molecule has 8 nitrogen and oxygen atoms in total. The van der Waals surface area contributed by atoms with Crippen molar-refractivity contribution < 1.29 is 24.3 Å². The van der Waals surface area contributed by atoms with Gasteiger partial charge in [-0.25, -0.2) is 14.6 Å². The van der Waals surface area contributed by atoms with Crippen LogP contribution in [0.3, 0.4) is 0 Å². The molecule has 1 unspecified atom stereocenters. The van der Waals surface area contributed by atoms with Crippen LogP contribution in [0.15, 0.2) is 59.2 Å². The molecule has 0 saturated heterocycles. The Hall–Kier alpha value is -3.17. The second-order valence-corrected chi connectivity index (χ2v) is 10.9. The molecule has 0 aliphatic rings. The molecule has 35 heavy (non-hydrogen) atoms. The van der Waals surface area contributed by atoms with Gasteiger partial charge in [-0.05, 0) is 88.9 Å². The van der Waals surface area contributed by atoms with Crippen molar-refractivity contribution in [1.82, 2.24) is 4.98 Å². The molecule has 9 heteroatoms. The number of rotatable bonds is 6. The normalized spacial score (nSPS) is 12.8. The van der Waals surface area contributed by atoms with E-state index in [9.17, 15) is 14.7 Å². The fourth-order valence-corrected chi connectivity index (χ4v) is 3.72. The number of benzene rings is 2. The first kappa shape index (κ1) is 26.4. The summed E-state index contributed by atoms with van der Waals surface area (Å²) in [5.41, 5.74) is -0.211. The third-order valence-corrected chi connectivity index (χ3v) is 5.09. The number of aromatic nitrogens is 1. The van der Waals surface area contributed by atoms with E-state index in [0.717, 1.165) is 14.9 Å². The maximum atomic E-state index is 13.0. The number of hydroxylamine groups is 1. The van der Waals surface area contributed by atoms with Gasteiger partial charge in [0.2, 0.25) is 0 Å². The zero-order chi connectivity index (χ0) is 26.0. The maximum Gasteiger partial charge on any atom is 0.440 e. The maximum absolute atomic E-state index is 13.0. The Morgan fingerprint density at radius 3 is 2.34 bits per heavy atom. The van der Waals surface area contributed by atoms with Gasteiger partial charge in [-0.2, -0.15) is 0 Å². The van der Waals surface area contributed by atoms with Crippen LogP contribution in [-0.4, -0.2) is 33.4 Å². The highest BCUT2D eigenvalue weighted by molar-refractivity contribution is 9.10. The fraction of sp³-hybridized carbons (Fsp3) is 0.346. The second kappa shape index (κ2) is 10.2. The van der Waals surface area contributed by atoms with Gasteiger partial charge in [-0.15, -0.1) is 5.06 Å².